The molecule has 3 amide bonds. The Kier molecular flexibility index (Phi) is 8.35. The van der Waals surface area contributed by atoms with E-state index in [2.05, 4.69) is 13.2 Å². The second kappa shape index (κ2) is 11.2. The summed E-state index contributed by atoms with van der Waals surface area (Å²) in [5.41, 5.74) is -0.670. The van der Waals surface area contributed by atoms with Crippen molar-refractivity contribution in [1.29, 1.82) is 0 Å². The third kappa shape index (κ3) is 4.36. The topological polar surface area (TPSA) is 90.4 Å². The Morgan fingerprint density at radius 2 is 1.95 bits per heavy atom. The first-order chi connectivity index (χ1) is 18.2. The second-order valence-electron chi connectivity index (χ2n) is 10.6. The van der Waals surface area contributed by atoms with Crippen LogP contribution in [0.3, 0.4) is 0 Å². The van der Waals surface area contributed by atoms with Crippen LogP contribution in [-0.4, -0.2) is 83.2 Å². The minimum absolute atomic E-state index is 0.0857. The third-order valence-electron chi connectivity index (χ3n) is 8.60. The average molecular weight is 544 g/mol. The van der Waals surface area contributed by atoms with Gasteiger partial charge < -0.3 is 24.5 Å². The van der Waals surface area contributed by atoms with Crippen LogP contribution in [0.1, 0.15) is 33.1 Å². The molecule has 3 fully saturated rings. The van der Waals surface area contributed by atoms with E-state index in [0.29, 0.717) is 36.5 Å². The summed E-state index contributed by atoms with van der Waals surface area (Å²) >= 11 is 6.51. The highest BCUT2D eigenvalue weighted by Crippen LogP contribution is 2.59. The van der Waals surface area contributed by atoms with Gasteiger partial charge in [0.2, 0.25) is 11.8 Å². The van der Waals surface area contributed by atoms with Gasteiger partial charge in [0.1, 0.15) is 11.6 Å². The van der Waals surface area contributed by atoms with Gasteiger partial charge in [-0.15, -0.1) is 13.2 Å². The van der Waals surface area contributed by atoms with Crippen LogP contribution < -0.4 is 4.90 Å². The molecular formula is C29H38ClN3O5. The fourth-order valence-electron chi connectivity index (χ4n) is 6.62. The summed E-state index contributed by atoms with van der Waals surface area (Å²) in [5, 5.41) is 10.9. The molecule has 206 valence electrons. The largest absolute Gasteiger partial charge is 0.394 e. The van der Waals surface area contributed by atoms with Gasteiger partial charge in [-0.3, -0.25) is 14.4 Å². The van der Waals surface area contributed by atoms with Crippen molar-refractivity contribution in [2.75, 3.05) is 31.6 Å². The molecule has 0 saturated carbocycles. The average Bonchev–Trinajstić information content (AvgIpc) is 3.55. The summed E-state index contributed by atoms with van der Waals surface area (Å²) in [5.74, 6) is -2.47. The lowest BCUT2D eigenvalue weighted by Gasteiger charge is -2.41. The van der Waals surface area contributed by atoms with E-state index in [0.717, 1.165) is 0 Å². The molecule has 7 atom stereocenters. The van der Waals surface area contributed by atoms with Crippen LogP contribution in [0.2, 0.25) is 5.02 Å². The Bertz CT molecular complexity index is 1110. The molecule has 1 aromatic rings. The van der Waals surface area contributed by atoms with E-state index in [1.165, 1.54) is 9.80 Å². The molecule has 3 saturated heterocycles. The molecule has 3 heterocycles. The molecule has 0 radical (unpaired) electrons. The number of hydrogen-bond acceptors (Lipinski definition) is 5. The van der Waals surface area contributed by atoms with E-state index in [9.17, 15) is 19.5 Å². The first-order valence-electron chi connectivity index (χ1n) is 13.3. The molecule has 2 bridgehead atoms. The summed E-state index contributed by atoms with van der Waals surface area (Å²) in [6.07, 6.45) is 4.53. The smallest absolute Gasteiger partial charge is 0.253 e. The number of hydrogen-bond donors (Lipinski definition) is 1. The highest BCUT2D eigenvalue weighted by Gasteiger charge is 2.75. The molecule has 9 heteroatoms. The first kappa shape index (κ1) is 28.3. The first-order valence-corrected chi connectivity index (χ1v) is 13.7. The SMILES string of the molecule is C=CCN(C)C(=O)[C@@H]1[C@@H]2CCC3(O2)C(C(=O)N(CC=C)c2ccccc2Cl)N([C@@H](CO)[C@@H](C)CC)C(=O)[C@H]13. The van der Waals surface area contributed by atoms with Crippen LogP contribution in [0.15, 0.2) is 49.6 Å². The van der Waals surface area contributed by atoms with Crippen molar-refractivity contribution in [2.24, 2.45) is 17.8 Å². The van der Waals surface area contributed by atoms with Crippen molar-refractivity contribution >= 4 is 35.0 Å². The van der Waals surface area contributed by atoms with Gasteiger partial charge in [0.05, 0.1) is 41.3 Å². The minimum Gasteiger partial charge on any atom is -0.394 e. The van der Waals surface area contributed by atoms with Crippen LogP contribution in [0.25, 0.3) is 0 Å². The number of ether oxygens (including phenoxy) is 1. The lowest BCUT2D eigenvalue weighted by molar-refractivity contribution is -0.148. The Hall–Kier alpha value is -2.68. The number of rotatable bonds is 11. The lowest BCUT2D eigenvalue weighted by atomic mass is 9.70. The second-order valence-corrected chi connectivity index (χ2v) is 11.0. The zero-order valence-corrected chi connectivity index (χ0v) is 23.1. The summed E-state index contributed by atoms with van der Waals surface area (Å²) < 4.78 is 6.56. The van der Waals surface area contributed by atoms with Crippen LogP contribution in [0, 0.1) is 17.8 Å². The van der Waals surface area contributed by atoms with Crippen LogP contribution in [0.4, 0.5) is 5.69 Å². The van der Waals surface area contributed by atoms with Gasteiger partial charge in [0.15, 0.2) is 0 Å². The van der Waals surface area contributed by atoms with E-state index in [-0.39, 0.29) is 36.8 Å². The molecule has 0 aliphatic carbocycles. The van der Waals surface area contributed by atoms with Gasteiger partial charge >= 0.3 is 0 Å². The molecule has 1 spiro atoms. The number of likely N-dealkylation sites (tertiary alicyclic amines) is 1. The fraction of sp³-hybridized carbons (Fsp3) is 0.552. The summed E-state index contributed by atoms with van der Waals surface area (Å²) in [4.78, 5) is 47.1. The Morgan fingerprint density at radius 1 is 1.26 bits per heavy atom. The maximum absolute atomic E-state index is 14.6. The lowest BCUT2D eigenvalue weighted by Crippen LogP contribution is -2.60. The van der Waals surface area contributed by atoms with Gasteiger partial charge in [-0.1, -0.05) is 56.2 Å². The molecule has 4 rings (SSSR count). The number of nitrogens with zero attached hydrogens (tertiary/aromatic N) is 3. The predicted octanol–water partition coefficient (Wildman–Crippen LogP) is 3.29. The maximum atomic E-state index is 14.6. The Balaban J connectivity index is 1.85. The minimum atomic E-state index is -1.17. The molecule has 0 aromatic heterocycles. The molecule has 38 heavy (non-hydrogen) atoms. The third-order valence-corrected chi connectivity index (χ3v) is 8.92. The number of amides is 3. The molecule has 1 N–H and O–H groups in total. The summed E-state index contributed by atoms with van der Waals surface area (Å²) in [7, 11) is 1.68. The number of anilines is 1. The van der Waals surface area contributed by atoms with E-state index >= 15 is 0 Å². The number of fused-ring (bicyclic) bond motifs is 1. The normalized spacial score (nSPS) is 29.1. The van der Waals surface area contributed by atoms with Gasteiger partial charge in [0.25, 0.3) is 5.91 Å². The van der Waals surface area contributed by atoms with Crippen molar-refractivity contribution in [2.45, 2.75) is 56.9 Å². The summed E-state index contributed by atoms with van der Waals surface area (Å²) in [6.45, 7) is 11.7. The van der Waals surface area contributed by atoms with E-state index in [1.54, 1.807) is 48.4 Å². The number of aliphatic hydroxyl groups excluding tert-OH is 1. The van der Waals surface area contributed by atoms with Crippen LogP contribution in [-0.2, 0) is 19.1 Å². The maximum Gasteiger partial charge on any atom is 0.253 e. The highest BCUT2D eigenvalue weighted by molar-refractivity contribution is 6.34. The van der Waals surface area contributed by atoms with Gasteiger partial charge in [-0.25, -0.2) is 0 Å². The Labute approximate surface area is 229 Å². The van der Waals surface area contributed by atoms with E-state index < -0.39 is 35.6 Å². The number of aliphatic hydroxyl groups is 1. The van der Waals surface area contributed by atoms with E-state index in [4.69, 9.17) is 16.3 Å². The predicted molar refractivity (Wildman–Crippen MR) is 147 cm³/mol. The monoisotopic (exact) mass is 543 g/mol. The number of likely N-dealkylation sites (N-methyl/N-ethyl adjacent to an activating group) is 1. The molecule has 3 aliphatic heterocycles. The summed E-state index contributed by atoms with van der Waals surface area (Å²) in [6, 6.07) is 5.40. The van der Waals surface area contributed by atoms with Crippen LogP contribution in [0.5, 0.6) is 0 Å². The number of benzene rings is 1. The Morgan fingerprint density at radius 3 is 2.55 bits per heavy atom. The molecular weight excluding hydrogens is 506 g/mol. The standard InChI is InChI=1S/C29H38ClN3O5/c1-6-15-31(5)26(35)23-22-13-14-29(38-22)24(23)27(36)33(21(17-34)18(4)8-3)25(29)28(37)32(16-7-2)20-12-10-9-11-19(20)30/h6-7,9-12,18,21-25,34H,1-2,8,13-17H2,3-5H3/t18-,21-,22-,23+,24-,25?,29?/m0/s1. The molecule has 1 aromatic carbocycles. The van der Waals surface area contributed by atoms with Crippen molar-refractivity contribution < 1.29 is 24.2 Å². The number of halogens is 1. The number of para-hydroxylation sites is 1. The van der Waals surface area contributed by atoms with E-state index in [1.807, 2.05) is 13.8 Å². The zero-order valence-electron chi connectivity index (χ0n) is 22.4. The van der Waals surface area contributed by atoms with Crippen molar-refractivity contribution in [3.8, 4) is 0 Å². The van der Waals surface area contributed by atoms with Crippen LogP contribution >= 0.6 is 11.6 Å². The van der Waals surface area contributed by atoms with Crippen molar-refractivity contribution in [3.05, 3.63) is 54.6 Å². The fourth-order valence-corrected chi connectivity index (χ4v) is 6.85. The zero-order chi connectivity index (χ0) is 27.8. The number of carbonyl (C=O) groups excluding carboxylic acids is 3. The highest BCUT2D eigenvalue weighted by atomic mass is 35.5. The van der Waals surface area contributed by atoms with Gasteiger partial charge in [-0.05, 0) is 30.9 Å². The van der Waals surface area contributed by atoms with Crippen molar-refractivity contribution in [3.63, 3.8) is 0 Å². The number of carbonyl (C=O) groups is 3. The molecule has 2 unspecified atom stereocenters. The van der Waals surface area contributed by atoms with Gasteiger partial charge in [0, 0.05) is 20.1 Å². The molecule has 3 aliphatic rings. The molecule has 8 nitrogen and oxygen atoms in total. The van der Waals surface area contributed by atoms with Gasteiger partial charge in [-0.2, -0.15) is 0 Å². The van der Waals surface area contributed by atoms with Crippen molar-refractivity contribution in [1.82, 2.24) is 9.80 Å². The quantitative estimate of drug-likeness (QED) is 0.433.